The first kappa shape index (κ1) is 13.6. The Bertz CT molecular complexity index is 760. The fraction of sp³-hybridized carbons (Fsp3) is 0.0667. The number of anilines is 1. The van der Waals surface area contributed by atoms with Crippen LogP contribution in [0.15, 0.2) is 57.9 Å². The summed E-state index contributed by atoms with van der Waals surface area (Å²) >= 11 is 1.33. The summed E-state index contributed by atoms with van der Waals surface area (Å²) in [7, 11) is 0. The Labute approximate surface area is 125 Å². The third-order valence-corrected chi connectivity index (χ3v) is 3.84. The highest BCUT2D eigenvalue weighted by Gasteiger charge is 2.10. The second-order valence-electron chi connectivity index (χ2n) is 4.36. The van der Waals surface area contributed by atoms with Crippen LogP contribution < -0.4 is 5.73 Å². The van der Waals surface area contributed by atoms with Gasteiger partial charge < -0.3 is 10.3 Å². The van der Waals surface area contributed by atoms with Crippen LogP contribution in [0.5, 0.6) is 0 Å². The van der Waals surface area contributed by atoms with E-state index in [-0.39, 0.29) is 5.82 Å². The maximum Gasteiger partial charge on any atom is 0.258 e. The van der Waals surface area contributed by atoms with Gasteiger partial charge in [-0.15, -0.1) is 11.8 Å². The molecular weight excluding hydrogens is 289 g/mol. The first-order valence-corrected chi connectivity index (χ1v) is 7.27. The lowest BCUT2D eigenvalue weighted by atomic mass is 10.2. The zero-order valence-corrected chi connectivity index (χ0v) is 11.8. The number of aromatic nitrogens is 2. The average molecular weight is 301 g/mol. The molecule has 4 nitrogen and oxygen atoms in total. The zero-order chi connectivity index (χ0) is 14.7. The number of thioether (sulfide) groups is 1. The molecular formula is C15H12FN3OS. The minimum Gasteiger partial charge on any atom is -0.399 e. The first-order valence-electron chi connectivity index (χ1n) is 6.28. The van der Waals surface area contributed by atoms with Crippen molar-refractivity contribution in [3.63, 3.8) is 0 Å². The molecule has 3 aromatic rings. The highest BCUT2D eigenvalue weighted by molar-refractivity contribution is 7.98. The highest BCUT2D eigenvalue weighted by Crippen LogP contribution is 2.25. The molecule has 6 heteroatoms. The van der Waals surface area contributed by atoms with Gasteiger partial charge in [-0.05, 0) is 30.3 Å². The standard InChI is InChI=1S/C15H12FN3OS/c16-12-6-1-2-7-13(12)21-9-14-18-15(20-19-14)10-4-3-5-11(17)8-10/h1-8H,9,17H2. The molecule has 3 rings (SSSR count). The molecule has 0 atom stereocenters. The maximum absolute atomic E-state index is 13.5. The summed E-state index contributed by atoms with van der Waals surface area (Å²) in [6.45, 7) is 0. The lowest BCUT2D eigenvalue weighted by Gasteiger charge is -1.99. The van der Waals surface area contributed by atoms with Gasteiger partial charge in [0, 0.05) is 16.1 Å². The van der Waals surface area contributed by atoms with E-state index in [1.54, 1.807) is 30.3 Å². The van der Waals surface area contributed by atoms with E-state index in [1.165, 1.54) is 17.8 Å². The summed E-state index contributed by atoms with van der Waals surface area (Å²) in [5.41, 5.74) is 7.12. The molecule has 21 heavy (non-hydrogen) atoms. The molecule has 0 radical (unpaired) electrons. The number of halogens is 1. The Morgan fingerprint density at radius 3 is 2.81 bits per heavy atom. The van der Waals surface area contributed by atoms with Gasteiger partial charge in [0.25, 0.3) is 5.89 Å². The Morgan fingerprint density at radius 2 is 2.00 bits per heavy atom. The van der Waals surface area contributed by atoms with Gasteiger partial charge in [0.1, 0.15) is 5.82 Å². The van der Waals surface area contributed by atoms with Gasteiger partial charge in [0.15, 0.2) is 5.82 Å². The van der Waals surface area contributed by atoms with Crippen molar-refractivity contribution in [1.29, 1.82) is 0 Å². The monoisotopic (exact) mass is 301 g/mol. The van der Waals surface area contributed by atoms with Gasteiger partial charge in [-0.1, -0.05) is 23.4 Å². The van der Waals surface area contributed by atoms with Gasteiger partial charge in [0.2, 0.25) is 0 Å². The summed E-state index contributed by atoms with van der Waals surface area (Å²) in [6, 6.07) is 13.8. The molecule has 0 amide bonds. The fourth-order valence-corrected chi connectivity index (χ4v) is 2.59. The van der Waals surface area contributed by atoms with E-state index >= 15 is 0 Å². The van der Waals surface area contributed by atoms with Gasteiger partial charge in [-0.25, -0.2) is 4.39 Å². The molecule has 1 heterocycles. The van der Waals surface area contributed by atoms with Crippen molar-refractivity contribution in [2.24, 2.45) is 0 Å². The SMILES string of the molecule is Nc1cccc(-c2nc(CSc3ccccc3F)no2)c1. The van der Waals surface area contributed by atoms with Crippen LogP contribution >= 0.6 is 11.8 Å². The summed E-state index contributed by atoms with van der Waals surface area (Å²) in [4.78, 5) is 4.85. The van der Waals surface area contributed by atoms with Gasteiger partial charge in [-0.3, -0.25) is 0 Å². The third-order valence-electron chi connectivity index (χ3n) is 2.80. The van der Waals surface area contributed by atoms with E-state index in [0.717, 1.165) is 5.56 Å². The van der Waals surface area contributed by atoms with E-state index < -0.39 is 0 Å². The Hall–Kier alpha value is -2.34. The summed E-state index contributed by atoms with van der Waals surface area (Å²) in [5.74, 6) is 1.11. The Morgan fingerprint density at radius 1 is 1.14 bits per heavy atom. The molecule has 0 aliphatic rings. The molecule has 0 unspecified atom stereocenters. The van der Waals surface area contributed by atoms with Crippen molar-refractivity contribution >= 4 is 17.4 Å². The summed E-state index contributed by atoms with van der Waals surface area (Å²) in [5, 5.41) is 3.90. The maximum atomic E-state index is 13.5. The molecule has 0 saturated carbocycles. The lowest BCUT2D eigenvalue weighted by Crippen LogP contribution is -1.87. The highest BCUT2D eigenvalue weighted by atomic mass is 32.2. The van der Waals surface area contributed by atoms with Crippen LogP contribution in [0.4, 0.5) is 10.1 Å². The van der Waals surface area contributed by atoms with E-state index in [4.69, 9.17) is 10.3 Å². The predicted octanol–water partition coefficient (Wildman–Crippen LogP) is 3.75. The van der Waals surface area contributed by atoms with Gasteiger partial charge in [0.05, 0.1) is 5.75 Å². The topological polar surface area (TPSA) is 64.9 Å². The molecule has 0 spiro atoms. The van der Waals surface area contributed by atoms with E-state index in [2.05, 4.69) is 10.1 Å². The number of benzene rings is 2. The molecule has 0 saturated heterocycles. The van der Waals surface area contributed by atoms with Crippen LogP contribution in [0.1, 0.15) is 5.82 Å². The average Bonchev–Trinajstić information content (AvgIpc) is 2.95. The van der Waals surface area contributed by atoms with E-state index in [1.807, 2.05) is 12.1 Å². The minimum absolute atomic E-state index is 0.248. The van der Waals surface area contributed by atoms with Crippen molar-refractivity contribution < 1.29 is 8.91 Å². The molecule has 0 fully saturated rings. The van der Waals surface area contributed by atoms with Crippen LogP contribution in [0.3, 0.4) is 0 Å². The normalized spacial score (nSPS) is 10.7. The first-order chi connectivity index (χ1) is 10.2. The van der Waals surface area contributed by atoms with Crippen LogP contribution in [0, 0.1) is 5.82 Å². The second-order valence-corrected chi connectivity index (χ2v) is 5.38. The van der Waals surface area contributed by atoms with Crippen LogP contribution in [-0.4, -0.2) is 10.1 Å². The Balaban J connectivity index is 1.72. The molecule has 0 bridgehead atoms. The third kappa shape index (κ3) is 3.22. The van der Waals surface area contributed by atoms with E-state index in [9.17, 15) is 4.39 Å². The van der Waals surface area contributed by atoms with Crippen molar-refractivity contribution in [1.82, 2.24) is 10.1 Å². The van der Waals surface area contributed by atoms with Crippen molar-refractivity contribution in [2.45, 2.75) is 10.6 Å². The van der Waals surface area contributed by atoms with Crippen molar-refractivity contribution in [3.8, 4) is 11.5 Å². The lowest BCUT2D eigenvalue weighted by molar-refractivity contribution is 0.425. The Kier molecular flexibility index (Phi) is 3.87. The molecule has 0 aliphatic heterocycles. The minimum atomic E-state index is -0.248. The molecule has 2 aromatic carbocycles. The number of rotatable bonds is 4. The number of nitrogens with two attached hydrogens (primary N) is 1. The smallest absolute Gasteiger partial charge is 0.258 e. The van der Waals surface area contributed by atoms with Gasteiger partial charge in [-0.2, -0.15) is 4.98 Å². The number of hydrogen-bond donors (Lipinski definition) is 1. The molecule has 0 aliphatic carbocycles. The van der Waals surface area contributed by atoms with Crippen molar-refractivity contribution in [3.05, 3.63) is 60.2 Å². The fourth-order valence-electron chi connectivity index (χ4n) is 1.81. The van der Waals surface area contributed by atoms with Crippen molar-refractivity contribution in [2.75, 3.05) is 5.73 Å². The molecule has 1 aromatic heterocycles. The quantitative estimate of drug-likeness (QED) is 0.587. The van der Waals surface area contributed by atoms with Crippen LogP contribution in [0.2, 0.25) is 0 Å². The largest absolute Gasteiger partial charge is 0.399 e. The number of hydrogen-bond acceptors (Lipinski definition) is 5. The molecule has 2 N–H and O–H groups in total. The van der Waals surface area contributed by atoms with Crippen LogP contribution in [0.25, 0.3) is 11.5 Å². The summed E-state index contributed by atoms with van der Waals surface area (Å²) in [6.07, 6.45) is 0. The van der Waals surface area contributed by atoms with Crippen LogP contribution in [-0.2, 0) is 5.75 Å². The zero-order valence-electron chi connectivity index (χ0n) is 11.0. The number of nitrogen functional groups attached to an aromatic ring is 1. The molecule has 106 valence electrons. The second kappa shape index (κ2) is 5.97. The summed E-state index contributed by atoms with van der Waals surface area (Å²) < 4.78 is 18.7. The number of nitrogens with zero attached hydrogens (tertiary/aromatic N) is 2. The predicted molar refractivity (Wildman–Crippen MR) is 80.1 cm³/mol. The van der Waals surface area contributed by atoms with E-state index in [0.29, 0.717) is 28.1 Å². The van der Waals surface area contributed by atoms with Gasteiger partial charge >= 0.3 is 0 Å².